The Bertz CT molecular complexity index is 796. The maximum absolute atomic E-state index is 12.0. The van der Waals surface area contributed by atoms with E-state index in [1.54, 1.807) is 22.2 Å². The summed E-state index contributed by atoms with van der Waals surface area (Å²) in [6.07, 6.45) is 2.75. The Labute approximate surface area is 130 Å². The van der Waals surface area contributed by atoms with Crippen LogP contribution in [-0.4, -0.2) is 20.1 Å². The van der Waals surface area contributed by atoms with Gasteiger partial charge in [0.05, 0.1) is 5.69 Å². The number of thioether (sulfide) groups is 1. The molecule has 0 spiro atoms. The van der Waals surface area contributed by atoms with Crippen LogP contribution < -0.4 is 5.56 Å². The molecule has 3 rings (SSSR count). The van der Waals surface area contributed by atoms with Crippen LogP contribution in [-0.2, 0) is 12.2 Å². The van der Waals surface area contributed by atoms with Crippen LogP contribution in [0.15, 0.2) is 40.6 Å². The highest BCUT2D eigenvalue weighted by Crippen LogP contribution is 2.15. The first-order chi connectivity index (χ1) is 10.2. The summed E-state index contributed by atoms with van der Waals surface area (Å²) in [7, 11) is 0. The molecule has 0 saturated carbocycles. The molecule has 0 radical (unpaired) electrons. The first kappa shape index (κ1) is 14.3. The van der Waals surface area contributed by atoms with Gasteiger partial charge in [0.25, 0.3) is 5.56 Å². The molecule has 0 unspecified atom stereocenters. The van der Waals surface area contributed by atoms with Crippen molar-refractivity contribution in [1.29, 1.82) is 0 Å². The quantitative estimate of drug-likeness (QED) is 0.679. The summed E-state index contributed by atoms with van der Waals surface area (Å²) in [5.74, 6) is 1.73. The fourth-order valence-corrected chi connectivity index (χ4v) is 3.82. The van der Waals surface area contributed by atoms with Crippen molar-refractivity contribution >= 4 is 28.1 Å². The van der Waals surface area contributed by atoms with Gasteiger partial charge in [-0.2, -0.15) is 11.8 Å². The van der Waals surface area contributed by atoms with Crippen LogP contribution in [0.1, 0.15) is 17.1 Å². The number of aromatic nitrogens is 3. The largest absolute Gasteiger partial charge is 0.269 e. The molecule has 0 aromatic carbocycles. The number of aryl methyl sites for hydroxylation is 2. The van der Waals surface area contributed by atoms with Gasteiger partial charge in [0.1, 0.15) is 0 Å². The Kier molecular flexibility index (Phi) is 4.36. The van der Waals surface area contributed by atoms with E-state index in [0.29, 0.717) is 0 Å². The van der Waals surface area contributed by atoms with Gasteiger partial charge in [-0.25, -0.2) is 4.98 Å². The maximum atomic E-state index is 12.0. The van der Waals surface area contributed by atoms with E-state index in [4.69, 9.17) is 0 Å². The van der Waals surface area contributed by atoms with E-state index in [2.05, 4.69) is 9.97 Å². The van der Waals surface area contributed by atoms with E-state index in [9.17, 15) is 4.79 Å². The topological polar surface area (TPSA) is 47.3 Å². The summed E-state index contributed by atoms with van der Waals surface area (Å²) in [5.41, 5.74) is 2.91. The maximum Gasteiger partial charge on any atom is 0.258 e. The second-order valence-corrected chi connectivity index (χ2v) is 6.65. The average Bonchev–Trinajstić information content (AvgIpc) is 2.87. The van der Waals surface area contributed by atoms with Crippen molar-refractivity contribution in [2.75, 3.05) is 5.75 Å². The standard InChI is InChI=1S/C15H15N3OS2/c1-11-9-21-15-17-13(8-14(19)18(11)15)10-20-7-5-12-4-2-3-6-16-12/h2-4,6,8-9H,5,7,10H2,1H3. The predicted molar refractivity (Wildman–Crippen MR) is 88.2 cm³/mol. The number of hydrogen-bond donors (Lipinski definition) is 0. The number of thiazole rings is 1. The molecule has 108 valence electrons. The number of hydrogen-bond acceptors (Lipinski definition) is 5. The van der Waals surface area contributed by atoms with E-state index < -0.39 is 0 Å². The molecule has 0 atom stereocenters. The van der Waals surface area contributed by atoms with Gasteiger partial charge < -0.3 is 0 Å². The number of nitrogens with zero attached hydrogens (tertiary/aromatic N) is 3. The molecule has 21 heavy (non-hydrogen) atoms. The van der Waals surface area contributed by atoms with Crippen LogP contribution in [0.2, 0.25) is 0 Å². The minimum Gasteiger partial charge on any atom is -0.269 e. The summed E-state index contributed by atoms with van der Waals surface area (Å²) in [6, 6.07) is 7.60. The van der Waals surface area contributed by atoms with Crippen molar-refractivity contribution in [2.45, 2.75) is 19.1 Å². The molecule has 6 heteroatoms. The molecule has 3 aromatic heterocycles. The van der Waals surface area contributed by atoms with E-state index in [-0.39, 0.29) is 5.56 Å². The van der Waals surface area contributed by atoms with E-state index >= 15 is 0 Å². The van der Waals surface area contributed by atoms with Gasteiger partial charge in [-0.15, -0.1) is 11.3 Å². The van der Waals surface area contributed by atoms with Crippen LogP contribution in [0, 0.1) is 6.92 Å². The van der Waals surface area contributed by atoms with Crippen LogP contribution in [0.25, 0.3) is 4.96 Å². The molecule has 4 nitrogen and oxygen atoms in total. The lowest BCUT2D eigenvalue weighted by atomic mass is 10.3. The number of fused-ring (bicyclic) bond motifs is 1. The second kappa shape index (κ2) is 6.41. The summed E-state index contributed by atoms with van der Waals surface area (Å²) >= 11 is 3.29. The summed E-state index contributed by atoms with van der Waals surface area (Å²) in [6.45, 7) is 1.92. The van der Waals surface area contributed by atoms with Crippen molar-refractivity contribution in [3.05, 3.63) is 63.3 Å². The van der Waals surface area contributed by atoms with Gasteiger partial charge in [0, 0.05) is 34.8 Å². The number of rotatable bonds is 5. The molecule has 3 aromatic rings. The van der Waals surface area contributed by atoms with Crippen molar-refractivity contribution in [3.8, 4) is 0 Å². The lowest BCUT2D eigenvalue weighted by molar-refractivity contribution is 0.995. The molecule has 0 bridgehead atoms. The Balaban J connectivity index is 1.62. The molecule has 0 N–H and O–H groups in total. The Hall–Kier alpha value is -1.66. The highest BCUT2D eigenvalue weighted by atomic mass is 32.2. The minimum atomic E-state index is 0.0130. The van der Waals surface area contributed by atoms with Crippen molar-refractivity contribution in [1.82, 2.24) is 14.4 Å². The van der Waals surface area contributed by atoms with Crippen molar-refractivity contribution < 1.29 is 0 Å². The molecule has 0 aliphatic rings. The third-order valence-corrected chi connectivity index (χ3v) is 5.04. The second-order valence-electron chi connectivity index (χ2n) is 4.70. The van der Waals surface area contributed by atoms with Crippen LogP contribution in [0.4, 0.5) is 0 Å². The SMILES string of the molecule is Cc1csc2nc(CSCCc3ccccn3)cc(=O)n12. The zero-order chi connectivity index (χ0) is 14.7. The van der Waals surface area contributed by atoms with Gasteiger partial charge >= 0.3 is 0 Å². The Morgan fingerprint density at radius 3 is 3.05 bits per heavy atom. The normalized spacial score (nSPS) is 11.1. The molecular formula is C15H15N3OS2. The lowest BCUT2D eigenvalue weighted by Crippen LogP contribution is -2.14. The van der Waals surface area contributed by atoms with E-state index in [0.717, 1.165) is 40.0 Å². The summed E-state index contributed by atoms with van der Waals surface area (Å²) in [5, 5.41) is 1.96. The van der Waals surface area contributed by atoms with E-state index in [1.165, 1.54) is 11.3 Å². The lowest BCUT2D eigenvalue weighted by Gasteiger charge is -2.02. The van der Waals surface area contributed by atoms with Crippen LogP contribution in [0.5, 0.6) is 0 Å². The van der Waals surface area contributed by atoms with Gasteiger partial charge in [0.2, 0.25) is 0 Å². The van der Waals surface area contributed by atoms with Crippen molar-refractivity contribution in [3.63, 3.8) is 0 Å². The van der Waals surface area contributed by atoms with E-state index in [1.807, 2.05) is 36.7 Å². The first-order valence-electron chi connectivity index (χ1n) is 6.68. The number of pyridine rings is 1. The Morgan fingerprint density at radius 1 is 1.33 bits per heavy atom. The van der Waals surface area contributed by atoms with Gasteiger partial charge in [-0.1, -0.05) is 6.07 Å². The Morgan fingerprint density at radius 2 is 2.24 bits per heavy atom. The molecule has 0 aliphatic carbocycles. The third-order valence-electron chi connectivity index (χ3n) is 3.11. The molecule has 0 saturated heterocycles. The fraction of sp³-hybridized carbons (Fsp3) is 0.267. The van der Waals surface area contributed by atoms with Crippen LogP contribution >= 0.6 is 23.1 Å². The molecule has 0 fully saturated rings. The first-order valence-corrected chi connectivity index (χ1v) is 8.72. The molecule has 0 amide bonds. The van der Waals surface area contributed by atoms with Gasteiger partial charge in [-0.3, -0.25) is 14.2 Å². The van der Waals surface area contributed by atoms with Crippen LogP contribution in [0.3, 0.4) is 0 Å². The molecule has 0 aliphatic heterocycles. The predicted octanol–water partition coefficient (Wildman–Crippen LogP) is 2.94. The average molecular weight is 317 g/mol. The van der Waals surface area contributed by atoms with Gasteiger partial charge in [0.15, 0.2) is 4.96 Å². The van der Waals surface area contributed by atoms with Crippen molar-refractivity contribution in [2.24, 2.45) is 0 Å². The fourth-order valence-electron chi connectivity index (χ4n) is 2.07. The summed E-state index contributed by atoms with van der Waals surface area (Å²) in [4.78, 5) is 21.7. The van der Waals surface area contributed by atoms with Gasteiger partial charge in [-0.05, 0) is 31.2 Å². The minimum absolute atomic E-state index is 0.0130. The summed E-state index contributed by atoms with van der Waals surface area (Å²) < 4.78 is 1.66. The monoisotopic (exact) mass is 317 g/mol. The zero-order valence-corrected chi connectivity index (χ0v) is 13.3. The third kappa shape index (κ3) is 3.33. The zero-order valence-electron chi connectivity index (χ0n) is 11.7. The smallest absolute Gasteiger partial charge is 0.258 e. The highest BCUT2D eigenvalue weighted by Gasteiger charge is 2.06. The molecular weight excluding hydrogens is 302 g/mol. The molecule has 3 heterocycles. The highest BCUT2D eigenvalue weighted by molar-refractivity contribution is 7.98.